The summed E-state index contributed by atoms with van der Waals surface area (Å²) < 4.78 is 57.7. The van der Waals surface area contributed by atoms with Gasteiger partial charge < -0.3 is 10.5 Å². The molecule has 2 nitrogen and oxygen atoms in total. The Morgan fingerprint density at radius 1 is 1.25 bits per heavy atom. The van der Waals surface area contributed by atoms with Crippen LogP contribution in [0.15, 0.2) is 12.1 Å². The number of ether oxygens (including phenoxy) is 1. The third kappa shape index (κ3) is 2.44. The average Bonchev–Trinajstić information content (AvgIpc) is 2.15. The van der Waals surface area contributed by atoms with E-state index in [-0.39, 0.29) is 12.3 Å². The van der Waals surface area contributed by atoms with Gasteiger partial charge in [-0.3, -0.25) is 0 Å². The van der Waals surface area contributed by atoms with E-state index < -0.39 is 29.5 Å². The van der Waals surface area contributed by atoms with Crippen molar-refractivity contribution in [2.45, 2.75) is 12.3 Å². The fourth-order valence-corrected chi connectivity index (χ4v) is 1.32. The third-order valence-electron chi connectivity index (χ3n) is 2.08. The van der Waals surface area contributed by atoms with Crippen molar-refractivity contribution < 1.29 is 22.3 Å². The first-order chi connectivity index (χ1) is 7.42. The average molecular weight is 237 g/mol. The van der Waals surface area contributed by atoms with Crippen LogP contribution in [0, 0.1) is 11.6 Å². The van der Waals surface area contributed by atoms with Gasteiger partial charge in [0.15, 0.2) is 0 Å². The molecule has 2 N–H and O–H groups in total. The maximum absolute atomic E-state index is 13.3. The number of hydrogen-bond acceptors (Lipinski definition) is 2. The summed E-state index contributed by atoms with van der Waals surface area (Å²) in [4.78, 5) is 0. The number of alkyl halides is 2. The van der Waals surface area contributed by atoms with Crippen LogP contribution in [0.1, 0.15) is 12.0 Å². The zero-order chi connectivity index (χ0) is 12.3. The number of rotatable bonds is 4. The minimum absolute atomic E-state index is 0.151. The number of benzene rings is 1. The van der Waals surface area contributed by atoms with Gasteiger partial charge >= 0.3 is 0 Å². The summed E-state index contributed by atoms with van der Waals surface area (Å²) in [6, 6.07) is 1.42. The fraction of sp³-hybridized carbons (Fsp3) is 0.400. The highest BCUT2D eigenvalue weighted by Crippen LogP contribution is 2.36. The molecule has 1 aromatic rings. The van der Waals surface area contributed by atoms with E-state index >= 15 is 0 Å². The van der Waals surface area contributed by atoms with E-state index in [0.29, 0.717) is 12.1 Å². The van der Waals surface area contributed by atoms with E-state index in [9.17, 15) is 17.6 Å². The van der Waals surface area contributed by atoms with Crippen LogP contribution in [-0.2, 0) is 5.92 Å². The largest absolute Gasteiger partial charge is 0.497 e. The van der Waals surface area contributed by atoms with E-state index in [1.54, 1.807) is 0 Å². The summed E-state index contributed by atoms with van der Waals surface area (Å²) in [5.41, 5.74) is 3.69. The molecule has 0 unspecified atom stereocenters. The summed E-state index contributed by atoms with van der Waals surface area (Å²) in [5.74, 6) is -6.44. The molecule has 16 heavy (non-hydrogen) atoms. The van der Waals surface area contributed by atoms with E-state index in [4.69, 9.17) is 5.73 Å². The van der Waals surface area contributed by atoms with Gasteiger partial charge in [-0.1, -0.05) is 0 Å². The highest BCUT2D eigenvalue weighted by Gasteiger charge is 2.37. The number of methoxy groups -OCH3 is 1. The zero-order valence-corrected chi connectivity index (χ0v) is 8.57. The smallest absolute Gasteiger partial charge is 0.280 e. The summed E-state index contributed by atoms with van der Waals surface area (Å²) in [6.45, 7) is -0.363. The third-order valence-corrected chi connectivity index (χ3v) is 2.08. The molecule has 0 atom stereocenters. The molecule has 90 valence electrons. The standard InChI is InChI=1S/C10H11F4NO/c1-16-6-4-7(11)9(8(12)5-6)10(13,14)2-3-15/h4-5H,2-3,15H2,1H3. The molecule has 0 radical (unpaired) electrons. The second-order valence-electron chi connectivity index (χ2n) is 3.21. The van der Waals surface area contributed by atoms with Crippen LogP contribution in [0.2, 0.25) is 0 Å². The molecule has 6 heteroatoms. The maximum atomic E-state index is 13.3. The van der Waals surface area contributed by atoms with Crippen molar-refractivity contribution in [3.8, 4) is 5.75 Å². The molecule has 0 aliphatic carbocycles. The lowest BCUT2D eigenvalue weighted by Gasteiger charge is -2.17. The molecule has 1 rings (SSSR count). The Kier molecular flexibility index (Phi) is 3.74. The molecule has 0 spiro atoms. The summed E-state index contributed by atoms with van der Waals surface area (Å²) >= 11 is 0. The van der Waals surface area contributed by atoms with Crippen molar-refractivity contribution >= 4 is 0 Å². The van der Waals surface area contributed by atoms with Gasteiger partial charge in [0.25, 0.3) is 5.92 Å². The molecule has 0 bridgehead atoms. The van der Waals surface area contributed by atoms with Crippen LogP contribution in [0.3, 0.4) is 0 Å². The Labute approximate surface area is 90.0 Å². The van der Waals surface area contributed by atoms with Gasteiger partial charge in [-0.2, -0.15) is 0 Å². The van der Waals surface area contributed by atoms with Crippen LogP contribution in [0.5, 0.6) is 5.75 Å². The molecular formula is C10H11F4NO. The van der Waals surface area contributed by atoms with Crippen molar-refractivity contribution in [2.75, 3.05) is 13.7 Å². The van der Waals surface area contributed by atoms with Crippen LogP contribution in [0.25, 0.3) is 0 Å². The first kappa shape index (κ1) is 12.8. The fourth-order valence-electron chi connectivity index (χ4n) is 1.32. The molecule has 0 aromatic heterocycles. The normalized spacial score (nSPS) is 11.6. The lowest BCUT2D eigenvalue weighted by Crippen LogP contribution is -2.21. The Balaban J connectivity index is 3.23. The molecule has 1 aromatic carbocycles. The van der Waals surface area contributed by atoms with Gasteiger partial charge in [-0.05, 0) is 6.54 Å². The first-order valence-electron chi connectivity index (χ1n) is 4.53. The van der Waals surface area contributed by atoms with E-state index in [2.05, 4.69) is 4.74 Å². The Morgan fingerprint density at radius 3 is 2.12 bits per heavy atom. The van der Waals surface area contributed by atoms with Gasteiger partial charge in [0.2, 0.25) is 0 Å². The van der Waals surface area contributed by atoms with Gasteiger partial charge in [-0.15, -0.1) is 0 Å². The van der Waals surface area contributed by atoms with Crippen LogP contribution in [0.4, 0.5) is 17.6 Å². The molecule has 0 aliphatic rings. The Hall–Kier alpha value is -1.30. The second kappa shape index (κ2) is 4.69. The van der Waals surface area contributed by atoms with Gasteiger partial charge in [0.1, 0.15) is 17.4 Å². The first-order valence-corrected chi connectivity index (χ1v) is 4.53. The quantitative estimate of drug-likeness (QED) is 0.816. The van der Waals surface area contributed by atoms with Gasteiger partial charge in [-0.25, -0.2) is 17.6 Å². The lowest BCUT2D eigenvalue weighted by molar-refractivity contribution is -0.0177. The van der Waals surface area contributed by atoms with Gasteiger partial charge in [0, 0.05) is 18.6 Å². The lowest BCUT2D eigenvalue weighted by atomic mass is 10.0. The predicted octanol–water partition coefficient (Wildman–Crippen LogP) is 2.41. The predicted molar refractivity (Wildman–Crippen MR) is 50.5 cm³/mol. The van der Waals surface area contributed by atoms with E-state index in [1.807, 2.05) is 0 Å². The Bertz CT molecular complexity index is 358. The van der Waals surface area contributed by atoms with Crippen LogP contribution >= 0.6 is 0 Å². The van der Waals surface area contributed by atoms with E-state index in [1.165, 1.54) is 7.11 Å². The monoisotopic (exact) mass is 237 g/mol. The molecule has 0 amide bonds. The number of nitrogens with two attached hydrogens (primary N) is 1. The zero-order valence-electron chi connectivity index (χ0n) is 8.57. The second-order valence-corrected chi connectivity index (χ2v) is 3.21. The van der Waals surface area contributed by atoms with Crippen LogP contribution in [-0.4, -0.2) is 13.7 Å². The number of halogens is 4. The topological polar surface area (TPSA) is 35.2 Å². The maximum Gasteiger partial charge on any atom is 0.280 e. The van der Waals surface area contributed by atoms with Crippen molar-refractivity contribution in [1.82, 2.24) is 0 Å². The summed E-state index contributed by atoms with van der Waals surface area (Å²) in [7, 11) is 1.19. The van der Waals surface area contributed by atoms with Crippen molar-refractivity contribution in [2.24, 2.45) is 5.73 Å². The van der Waals surface area contributed by atoms with Crippen molar-refractivity contribution in [3.05, 3.63) is 29.3 Å². The number of hydrogen-bond donors (Lipinski definition) is 1. The summed E-state index contributed by atoms with van der Waals surface area (Å²) in [6.07, 6.45) is -0.812. The molecule has 0 saturated heterocycles. The van der Waals surface area contributed by atoms with Gasteiger partial charge in [0.05, 0.1) is 12.7 Å². The molecule has 0 fully saturated rings. The molecule has 0 heterocycles. The Morgan fingerprint density at radius 2 is 1.75 bits per heavy atom. The molecule has 0 aliphatic heterocycles. The highest BCUT2D eigenvalue weighted by atomic mass is 19.3. The summed E-state index contributed by atoms with van der Waals surface area (Å²) in [5, 5.41) is 0. The molecule has 0 saturated carbocycles. The molecular weight excluding hydrogens is 226 g/mol. The van der Waals surface area contributed by atoms with Crippen molar-refractivity contribution in [1.29, 1.82) is 0 Å². The van der Waals surface area contributed by atoms with Crippen LogP contribution < -0.4 is 10.5 Å². The van der Waals surface area contributed by atoms with E-state index in [0.717, 1.165) is 0 Å². The SMILES string of the molecule is COc1cc(F)c(C(F)(F)CCN)c(F)c1. The van der Waals surface area contributed by atoms with Crippen molar-refractivity contribution in [3.63, 3.8) is 0 Å². The minimum atomic E-state index is -3.62. The highest BCUT2D eigenvalue weighted by molar-refractivity contribution is 5.33. The minimum Gasteiger partial charge on any atom is -0.497 e.